The maximum Gasteiger partial charge on any atom is 0.387 e. The molecule has 2 atom stereocenters. The number of benzene rings is 2. The van der Waals surface area contributed by atoms with Crippen molar-refractivity contribution in [2.24, 2.45) is 5.92 Å². The number of nitrogen functional groups attached to an aromatic ring is 1. The normalized spacial score (nSPS) is 21.4. The number of para-hydroxylation sites is 1. The lowest BCUT2D eigenvalue weighted by Gasteiger charge is -2.30. The molecule has 1 saturated carbocycles. The molecule has 6 heteroatoms. The number of alkyl halides is 2. The Balaban J connectivity index is 1.55. The number of ether oxygens (including phenoxy) is 1. The summed E-state index contributed by atoms with van der Waals surface area (Å²) in [4.78, 5) is 14.8. The molecule has 2 aliphatic rings. The predicted octanol–water partition coefficient (Wildman–Crippen LogP) is 3.95. The minimum atomic E-state index is -2.87. The molecule has 2 N–H and O–H groups in total. The van der Waals surface area contributed by atoms with Gasteiger partial charge < -0.3 is 15.4 Å². The fourth-order valence-corrected chi connectivity index (χ4v) is 3.88. The first kappa shape index (κ1) is 16.8. The summed E-state index contributed by atoms with van der Waals surface area (Å²) in [5.74, 6) is -0.0897. The van der Waals surface area contributed by atoms with E-state index in [4.69, 9.17) is 5.73 Å². The third kappa shape index (κ3) is 3.00. The molecule has 1 amide bonds. The molecule has 0 radical (unpaired) electrons. The van der Waals surface area contributed by atoms with Gasteiger partial charge in [-0.25, -0.2) is 0 Å². The molecule has 2 aromatic rings. The summed E-state index contributed by atoms with van der Waals surface area (Å²) >= 11 is 0. The number of carbonyl (C=O) groups is 1. The number of halogens is 2. The number of rotatable bonds is 4. The van der Waals surface area contributed by atoms with E-state index in [0.29, 0.717) is 24.2 Å². The highest BCUT2D eigenvalue weighted by molar-refractivity contribution is 5.99. The van der Waals surface area contributed by atoms with Gasteiger partial charge in [-0.05, 0) is 54.5 Å². The topological polar surface area (TPSA) is 55.6 Å². The van der Waals surface area contributed by atoms with E-state index < -0.39 is 6.61 Å². The predicted molar refractivity (Wildman–Crippen MR) is 95.5 cm³/mol. The Kier molecular flexibility index (Phi) is 4.26. The number of fused-ring (bicyclic) bond motifs is 1. The van der Waals surface area contributed by atoms with Gasteiger partial charge in [0, 0.05) is 23.8 Å². The summed E-state index contributed by atoms with van der Waals surface area (Å²) < 4.78 is 29.9. The fraction of sp³-hybridized carbons (Fsp3) is 0.350. The van der Waals surface area contributed by atoms with E-state index in [9.17, 15) is 13.6 Å². The van der Waals surface area contributed by atoms with E-state index in [1.807, 2.05) is 18.2 Å². The average molecular weight is 358 g/mol. The highest BCUT2D eigenvalue weighted by atomic mass is 19.3. The van der Waals surface area contributed by atoms with Crippen molar-refractivity contribution in [2.45, 2.75) is 31.8 Å². The third-order valence-corrected chi connectivity index (χ3v) is 5.20. The van der Waals surface area contributed by atoms with E-state index in [2.05, 4.69) is 4.74 Å². The van der Waals surface area contributed by atoms with Crippen molar-refractivity contribution in [3.8, 4) is 5.75 Å². The zero-order valence-electron chi connectivity index (χ0n) is 14.2. The van der Waals surface area contributed by atoms with Crippen molar-refractivity contribution in [3.63, 3.8) is 0 Å². The third-order valence-electron chi connectivity index (χ3n) is 5.20. The molecule has 4 rings (SSSR count). The summed E-state index contributed by atoms with van der Waals surface area (Å²) in [6, 6.07) is 12.4. The number of nitrogens with zero attached hydrogens (tertiary/aromatic N) is 1. The van der Waals surface area contributed by atoms with Gasteiger partial charge in [0.2, 0.25) is 5.91 Å². The maximum atomic E-state index is 13.0. The van der Waals surface area contributed by atoms with Crippen LogP contribution in [0.5, 0.6) is 5.75 Å². The number of anilines is 2. The van der Waals surface area contributed by atoms with E-state index >= 15 is 0 Å². The van der Waals surface area contributed by atoms with Crippen LogP contribution in [-0.4, -0.2) is 19.1 Å². The first-order chi connectivity index (χ1) is 12.6. The van der Waals surface area contributed by atoms with Gasteiger partial charge in [-0.15, -0.1) is 0 Å². The van der Waals surface area contributed by atoms with Crippen molar-refractivity contribution in [2.75, 3.05) is 17.2 Å². The van der Waals surface area contributed by atoms with Crippen LogP contribution in [0.3, 0.4) is 0 Å². The standard InChI is InChI=1S/C20H20F2N2O2/c21-20(22)26-18-9-2-1-5-12(18)14-11-15(14)19(25)24-10-4-6-13-16(23)7-3-8-17(13)24/h1-3,5,7-9,14-15,20H,4,6,10-11,23H2. The highest BCUT2D eigenvalue weighted by Crippen LogP contribution is 2.52. The average Bonchev–Trinajstić information content (AvgIpc) is 3.42. The molecule has 0 spiro atoms. The number of carbonyl (C=O) groups excluding carboxylic acids is 1. The highest BCUT2D eigenvalue weighted by Gasteiger charge is 2.47. The van der Waals surface area contributed by atoms with Gasteiger partial charge in [-0.1, -0.05) is 24.3 Å². The van der Waals surface area contributed by atoms with Crippen LogP contribution in [0.2, 0.25) is 0 Å². The maximum absolute atomic E-state index is 13.0. The van der Waals surface area contributed by atoms with Crippen LogP contribution < -0.4 is 15.4 Å². The molecule has 26 heavy (non-hydrogen) atoms. The van der Waals surface area contributed by atoms with Crippen LogP contribution in [0.1, 0.15) is 29.9 Å². The van der Waals surface area contributed by atoms with Gasteiger partial charge in [-0.3, -0.25) is 4.79 Å². The number of amides is 1. The Hall–Kier alpha value is -2.63. The lowest BCUT2D eigenvalue weighted by atomic mass is 9.99. The first-order valence-electron chi connectivity index (χ1n) is 8.78. The molecule has 1 heterocycles. The van der Waals surface area contributed by atoms with Crippen molar-refractivity contribution in [1.82, 2.24) is 0 Å². The van der Waals surface area contributed by atoms with Crippen LogP contribution >= 0.6 is 0 Å². The molecule has 2 aromatic carbocycles. The Labute approximate surface area is 150 Å². The molecule has 0 saturated heterocycles. The number of hydrogen-bond acceptors (Lipinski definition) is 3. The Morgan fingerprint density at radius 2 is 2.00 bits per heavy atom. The van der Waals surface area contributed by atoms with Gasteiger partial charge in [0.15, 0.2) is 0 Å². The summed E-state index contributed by atoms with van der Waals surface area (Å²) in [6.07, 6.45) is 2.39. The van der Waals surface area contributed by atoms with E-state index in [-0.39, 0.29) is 23.5 Å². The zero-order chi connectivity index (χ0) is 18.3. The van der Waals surface area contributed by atoms with Crippen molar-refractivity contribution in [3.05, 3.63) is 53.6 Å². The van der Waals surface area contributed by atoms with Crippen molar-refractivity contribution in [1.29, 1.82) is 0 Å². The summed E-state index contributed by atoms with van der Waals surface area (Å²) in [6.45, 7) is -2.21. The van der Waals surface area contributed by atoms with Gasteiger partial charge in [-0.2, -0.15) is 8.78 Å². The van der Waals surface area contributed by atoms with Gasteiger partial charge in [0.05, 0.1) is 0 Å². The van der Waals surface area contributed by atoms with Crippen LogP contribution in [-0.2, 0) is 11.2 Å². The Morgan fingerprint density at radius 1 is 1.19 bits per heavy atom. The summed E-state index contributed by atoms with van der Waals surface area (Å²) in [5.41, 5.74) is 9.34. The zero-order valence-corrected chi connectivity index (χ0v) is 14.2. The van der Waals surface area contributed by atoms with Crippen molar-refractivity contribution >= 4 is 17.3 Å². The molecule has 2 unspecified atom stereocenters. The molecule has 1 aliphatic heterocycles. The minimum absolute atomic E-state index is 0.0356. The van der Waals surface area contributed by atoms with Crippen LogP contribution in [0.25, 0.3) is 0 Å². The molecule has 4 nitrogen and oxygen atoms in total. The molecular weight excluding hydrogens is 338 g/mol. The fourth-order valence-electron chi connectivity index (χ4n) is 3.88. The van der Waals surface area contributed by atoms with Gasteiger partial charge in [0.1, 0.15) is 5.75 Å². The molecule has 0 aromatic heterocycles. The lowest BCUT2D eigenvalue weighted by Crippen LogP contribution is -2.37. The van der Waals surface area contributed by atoms with E-state index in [1.54, 1.807) is 23.1 Å². The van der Waals surface area contributed by atoms with Crippen LogP contribution in [0, 0.1) is 5.92 Å². The van der Waals surface area contributed by atoms with E-state index in [1.165, 1.54) is 6.07 Å². The summed E-state index contributed by atoms with van der Waals surface area (Å²) in [5, 5.41) is 0. The van der Waals surface area contributed by atoms with Crippen molar-refractivity contribution < 1.29 is 18.3 Å². The molecule has 0 bridgehead atoms. The lowest BCUT2D eigenvalue weighted by molar-refractivity contribution is -0.120. The quantitative estimate of drug-likeness (QED) is 0.842. The summed E-state index contributed by atoms with van der Waals surface area (Å²) in [7, 11) is 0. The molecule has 136 valence electrons. The van der Waals surface area contributed by atoms with Crippen LogP contribution in [0.4, 0.5) is 20.2 Å². The Bertz CT molecular complexity index is 840. The number of nitrogens with two attached hydrogens (primary N) is 1. The Morgan fingerprint density at radius 3 is 2.81 bits per heavy atom. The minimum Gasteiger partial charge on any atom is -0.435 e. The van der Waals surface area contributed by atoms with E-state index in [0.717, 1.165) is 24.1 Å². The van der Waals surface area contributed by atoms with Gasteiger partial charge >= 0.3 is 6.61 Å². The molecular formula is C20H20F2N2O2. The SMILES string of the molecule is Nc1cccc2c1CCCN2C(=O)C1CC1c1ccccc1OC(F)F. The first-order valence-corrected chi connectivity index (χ1v) is 8.78. The van der Waals surface area contributed by atoms with Gasteiger partial charge in [0.25, 0.3) is 0 Å². The number of hydrogen-bond donors (Lipinski definition) is 1. The monoisotopic (exact) mass is 358 g/mol. The second-order valence-electron chi connectivity index (χ2n) is 6.80. The second-order valence-corrected chi connectivity index (χ2v) is 6.80. The smallest absolute Gasteiger partial charge is 0.387 e. The second kappa shape index (κ2) is 6.59. The molecule has 1 fully saturated rings. The molecule has 1 aliphatic carbocycles. The largest absolute Gasteiger partial charge is 0.435 e. The van der Waals surface area contributed by atoms with Crippen LogP contribution in [0.15, 0.2) is 42.5 Å².